The van der Waals surface area contributed by atoms with Gasteiger partial charge in [0.1, 0.15) is 5.84 Å². The summed E-state index contributed by atoms with van der Waals surface area (Å²) in [5, 5.41) is 11.6. The Morgan fingerprint density at radius 3 is 2.48 bits per heavy atom. The van der Waals surface area contributed by atoms with Crippen LogP contribution in [0, 0.1) is 0 Å². The molecule has 5 heteroatoms. The average molecular weight is 355 g/mol. The van der Waals surface area contributed by atoms with E-state index < -0.39 is 0 Å². The predicted molar refractivity (Wildman–Crippen MR) is 106 cm³/mol. The van der Waals surface area contributed by atoms with Crippen LogP contribution in [0.2, 0.25) is 5.02 Å². The van der Waals surface area contributed by atoms with Gasteiger partial charge in [-0.15, -0.1) is 0 Å². The molecule has 4 rings (SSSR count). The van der Waals surface area contributed by atoms with Gasteiger partial charge in [0.15, 0.2) is 0 Å². The smallest absolute Gasteiger partial charge is 0.127 e. The summed E-state index contributed by atoms with van der Waals surface area (Å²) >= 11 is 6.27. The SMILES string of the molecule is Clc1ccccc1CCN=C1Nc2ccccc2NC12CCNCC2. The number of nitrogens with one attached hydrogen (secondary N) is 3. The molecule has 0 saturated carbocycles. The first-order chi connectivity index (χ1) is 12.3. The van der Waals surface area contributed by atoms with Crippen molar-refractivity contribution in [3.63, 3.8) is 0 Å². The van der Waals surface area contributed by atoms with E-state index >= 15 is 0 Å². The number of hydrogen-bond donors (Lipinski definition) is 3. The van der Waals surface area contributed by atoms with E-state index in [2.05, 4.69) is 46.3 Å². The molecule has 2 aliphatic rings. The van der Waals surface area contributed by atoms with Gasteiger partial charge in [0.05, 0.1) is 16.9 Å². The molecule has 25 heavy (non-hydrogen) atoms. The highest BCUT2D eigenvalue weighted by Crippen LogP contribution is 2.35. The van der Waals surface area contributed by atoms with Gasteiger partial charge in [-0.2, -0.15) is 0 Å². The topological polar surface area (TPSA) is 48.5 Å². The van der Waals surface area contributed by atoms with Crippen molar-refractivity contribution >= 4 is 28.8 Å². The lowest BCUT2D eigenvalue weighted by Crippen LogP contribution is -2.57. The zero-order chi connectivity index (χ0) is 17.1. The molecule has 1 saturated heterocycles. The predicted octanol–water partition coefficient (Wildman–Crippen LogP) is 3.94. The molecule has 2 aromatic carbocycles. The summed E-state index contributed by atoms with van der Waals surface area (Å²) in [4.78, 5) is 4.95. The summed E-state index contributed by atoms with van der Waals surface area (Å²) in [6.07, 6.45) is 2.90. The minimum absolute atomic E-state index is 0.0971. The Bertz CT molecular complexity index is 781. The van der Waals surface area contributed by atoms with Crippen molar-refractivity contribution in [1.29, 1.82) is 0 Å². The number of amidine groups is 1. The third kappa shape index (κ3) is 3.37. The summed E-state index contributed by atoms with van der Waals surface area (Å²) in [6.45, 7) is 2.73. The second kappa shape index (κ2) is 7.06. The Morgan fingerprint density at radius 1 is 0.960 bits per heavy atom. The van der Waals surface area contributed by atoms with E-state index in [1.807, 2.05) is 18.2 Å². The molecule has 1 spiro atoms. The van der Waals surface area contributed by atoms with E-state index in [0.717, 1.165) is 66.7 Å². The number of anilines is 2. The van der Waals surface area contributed by atoms with Crippen LogP contribution in [-0.2, 0) is 6.42 Å². The number of hydrogen-bond acceptors (Lipinski definition) is 3. The van der Waals surface area contributed by atoms with Gasteiger partial charge < -0.3 is 16.0 Å². The van der Waals surface area contributed by atoms with Crippen molar-refractivity contribution in [2.75, 3.05) is 30.3 Å². The van der Waals surface area contributed by atoms with Gasteiger partial charge >= 0.3 is 0 Å². The summed E-state index contributed by atoms with van der Waals surface area (Å²) in [5.41, 5.74) is 3.31. The van der Waals surface area contributed by atoms with Crippen LogP contribution in [0.5, 0.6) is 0 Å². The molecule has 0 amide bonds. The molecule has 0 atom stereocenters. The number of halogens is 1. The molecule has 130 valence electrons. The lowest BCUT2D eigenvalue weighted by atomic mass is 9.84. The van der Waals surface area contributed by atoms with Gasteiger partial charge in [0.2, 0.25) is 0 Å². The van der Waals surface area contributed by atoms with Crippen LogP contribution in [0.15, 0.2) is 53.5 Å². The normalized spacial score (nSPS) is 20.0. The van der Waals surface area contributed by atoms with Gasteiger partial charge in [-0.05, 0) is 56.1 Å². The van der Waals surface area contributed by atoms with Gasteiger partial charge in [0.25, 0.3) is 0 Å². The van der Waals surface area contributed by atoms with Crippen molar-refractivity contribution in [3.8, 4) is 0 Å². The number of nitrogens with zero attached hydrogens (tertiary/aromatic N) is 1. The van der Waals surface area contributed by atoms with E-state index in [1.54, 1.807) is 0 Å². The highest BCUT2D eigenvalue weighted by Gasteiger charge is 2.40. The first kappa shape index (κ1) is 16.4. The van der Waals surface area contributed by atoms with Crippen LogP contribution >= 0.6 is 11.6 Å². The molecular weight excluding hydrogens is 332 g/mol. The number of para-hydroxylation sites is 2. The van der Waals surface area contributed by atoms with Crippen molar-refractivity contribution < 1.29 is 0 Å². The molecule has 0 unspecified atom stereocenters. The monoisotopic (exact) mass is 354 g/mol. The van der Waals surface area contributed by atoms with Gasteiger partial charge in [0, 0.05) is 11.6 Å². The van der Waals surface area contributed by atoms with Crippen LogP contribution in [-0.4, -0.2) is 31.0 Å². The standard InChI is InChI=1S/C20H23ClN4/c21-16-6-2-1-5-15(16)9-12-23-19-20(10-13-22-14-11-20)25-18-8-4-3-7-17(18)24-19/h1-8,22,25H,9-14H2,(H,23,24). The molecule has 1 fully saturated rings. The molecule has 4 nitrogen and oxygen atoms in total. The number of benzene rings is 2. The molecule has 0 bridgehead atoms. The summed E-state index contributed by atoms with van der Waals surface area (Å²) in [5.74, 6) is 1.06. The highest BCUT2D eigenvalue weighted by atomic mass is 35.5. The van der Waals surface area contributed by atoms with E-state index in [4.69, 9.17) is 16.6 Å². The summed E-state index contributed by atoms with van der Waals surface area (Å²) in [7, 11) is 0. The first-order valence-electron chi connectivity index (χ1n) is 8.90. The summed E-state index contributed by atoms with van der Waals surface area (Å²) < 4.78 is 0. The molecule has 2 aromatic rings. The van der Waals surface area contributed by atoms with Gasteiger partial charge in [-0.25, -0.2) is 0 Å². The molecule has 2 heterocycles. The van der Waals surface area contributed by atoms with E-state index in [9.17, 15) is 0 Å². The minimum atomic E-state index is -0.0971. The van der Waals surface area contributed by atoms with Gasteiger partial charge in [-0.3, -0.25) is 4.99 Å². The maximum Gasteiger partial charge on any atom is 0.127 e. The molecular formula is C20H23ClN4. The Hall–Kier alpha value is -2.04. The van der Waals surface area contributed by atoms with Crippen molar-refractivity contribution in [3.05, 3.63) is 59.1 Å². The molecule has 3 N–H and O–H groups in total. The average Bonchev–Trinajstić information content (AvgIpc) is 2.64. The quantitative estimate of drug-likeness (QED) is 0.782. The lowest BCUT2D eigenvalue weighted by molar-refractivity contribution is 0.419. The fourth-order valence-corrected chi connectivity index (χ4v) is 3.89. The first-order valence-corrected chi connectivity index (χ1v) is 9.28. The van der Waals surface area contributed by atoms with E-state index in [-0.39, 0.29) is 5.54 Å². The van der Waals surface area contributed by atoms with Crippen LogP contribution in [0.1, 0.15) is 18.4 Å². The maximum atomic E-state index is 6.27. The Kier molecular flexibility index (Phi) is 4.64. The second-order valence-electron chi connectivity index (χ2n) is 6.70. The van der Waals surface area contributed by atoms with Crippen molar-refractivity contribution in [2.45, 2.75) is 24.8 Å². The fraction of sp³-hybridized carbons (Fsp3) is 0.350. The number of rotatable bonds is 3. The largest absolute Gasteiger partial charge is 0.371 e. The lowest BCUT2D eigenvalue weighted by Gasteiger charge is -2.44. The number of piperidine rings is 1. The molecule has 0 aliphatic carbocycles. The van der Waals surface area contributed by atoms with E-state index in [0.29, 0.717) is 0 Å². The summed E-state index contributed by atoms with van der Waals surface area (Å²) in [6, 6.07) is 16.4. The molecule has 0 aromatic heterocycles. The fourth-order valence-electron chi connectivity index (χ4n) is 3.66. The van der Waals surface area contributed by atoms with E-state index in [1.165, 1.54) is 0 Å². The Balaban J connectivity index is 1.58. The van der Waals surface area contributed by atoms with Crippen molar-refractivity contribution in [1.82, 2.24) is 5.32 Å². The maximum absolute atomic E-state index is 6.27. The van der Waals surface area contributed by atoms with Crippen LogP contribution in [0.3, 0.4) is 0 Å². The minimum Gasteiger partial charge on any atom is -0.371 e. The third-order valence-electron chi connectivity index (χ3n) is 5.07. The van der Waals surface area contributed by atoms with Crippen molar-refractivity contribution in [2.24, 2.45) is 4.99 Å². The third-order valence-corrected chi connectivity index (χ3v) is 5.44. The van der Waals surface area contributed by atoms with Gasteiger partial charge in [-0.1, -0.05) is 41.9 Å². The molecule has 0 radical (unpaired) electrons. The zero-order valence-electron chi connectivity index (χ0n) is 14.2. The zero-order valence-corrected chi connectivity index (χ0v) is 14.9. The number of aliphatic imine (C=N–C) groups is 1. The molecule has 2 aliphatic heterocycles. The Morgan fingerprint density at radius 2 is 1.68 bits per heavy atom. The van der Waals surface area contributed by atoms with Crippen LogP contribution in [0.25, 0.3) is 0 Å². The highest BCUT2D eigenvalue weighted by molar-refractivity contribution is 6.31. The Labute approximate surface area is 153 Å². The van der Waals surface area contributed by atoms with Crippen LogP contribution in [0.4, 0.5) is 11.4 Å². The van der Waals surface area contributed by atoms with Crippen LogP contribution < -0.4 is 16.0 Å². The number of fused-ring (bicyclic) bond motifs is 1. The second-order valence-corrected chi connectivity index (χ2v) is 7.11.